The third kappa shape index (κ3) is 5.23. The maximum absolute atomic E-state index is 5.82. The minimum Gasteiger partial charge on any atom is -0.493 e. The highest BCUT2D eigenvalue weighted by molar-refractivity contribution is 5.31. The van der Waals surface area contributed by atoms with Crippen molar-refractivity contribution >= 4 is 0 Å². The highest BCUT2D eigenvalue weighted by Gasteiger charge is 2.08. The fraction of sp³-hybridized carbons (Fsp3) is 0.647. The average molecular weight is 261 g/mol. The lowest BCUT2D eigenvalue weighted by Gasteiger charge is -2.26. The summed E-state index contributed by atoms with van der Waals surface area (Å²) in [5, 5.41) is 0. The molecule has 0 N–H and O–H groups in total. The predicted molar refractivity (Wildman–Crippen MR) is 80.8 cm³/mol. The number of likely N-dealkylation sites (tertiary alicyclic amines) is 1. The van der Waals surface area contributed by atoms with Crippen LogP contribution in [0.15, 0.2) is 24.3 Å². The Balaban J connectivity index is 1.51. The van der Waals surface area contributed by atoms with Crippen molar-refractivity contribution in [3.8, 4) is 5.75 Å². The molecule has 1 heterocycles. The lowest BCUT2D eigenvalue weighted by Crippen LogP contribution is -2.30. The monoisotopic (exact) mass is 261 g/mol. The number of hydrogen-bond acceptors (Lipinski definition) is 2. The fourth-order valence-corrected chi connectivity index (χ4v) is 2.70. The van der Waals surface area contributed by atoms with E-state index in [0.29, 0.717) is 0 Å². The molecule has 0 spiro atoms. The maximum Gasteiger partial charge on any atom is 0.122 e. The standard InChI is InChI=1S/C17H27NO/c1-16-10-4-5-11-17(16)19-15-9-3-8-14-18-12-6-2-7-13-18/h4-5,10-11H,2-3,6-9,12-15H2,1H3. The lowest BCUT2D eigenvalue weighted by atomic mass is 10.1. The molecule has 1 saturated heterocycles. The summed E-state index contributed by atoms with van der Waals surface area (Å²) in [6, 6.07) is 8.26. The first-order chi connectivity index (χ1) is 9.36. The van der Waals surface area contributed by atoms with Gasteiger partial charge in [0.05, 0.1) is 6.61 Å². The Morgan fingerprint density at radius 1 is 1.00 bits per heavy atom. The summed E-state index contributed by atoms with van der Waals surface area (Å²) >= 11 is 0. The normalized spacial score (nSPS) is 16.5. The molecule has 2 rings (SSSR count). The Bertz CT molecular complexity index is 358. The molecule has 0 saturated carbocycles. The Morgan fingerprint density at radius 3 is 2.58 bits per heavy atom. The van der Waals surface area contributed by atoms with Crippen molar-refractivity contribution in [1.82, 2.24) is 4.90 Å². The number of piperidine rings is 1. The smallest absolute Gasteiger partial charge is 0.122 e. The number of para-hydroxylation sites is 1. The molecule has 0 atom stereocenters. The first-order valence-corrected chi connectivity index (χ1v) is 7.77. The van der Waals surface area contributed by atoms with Crippen LogP contribution < -0.4 is 4.74 Å². The molecule has 1 aromatic carbocycles. The first kappa shape index (κ1) is 14.4. The van der Waals surface area contributed by atoms with Gasteiger partial charge in [-0.05, 0) is 70.3 Å². The molecule has 0 aliphatic carbocycles. The first-order valence-electron chi connectivity index (χ1n) is 7.77. The van der Waals surface area contributed by atoms with E-state index in [2.05, 4.69) is 30.0 Å². The number of rotatable bonds is 7. The van der Waals surface area contributed by atoms with E-state index in [0.717, 1.165) is 12.4 Å². The number of benzene rings is 1. The molecule has 1 fully saturated rings. The lowest BCUT2D eigenvalue weighted by molar-refractivity contribution is 0.221. The molecule has 1 aromatic rings. The van der Waals surface area contributed by atoms with Crippen LogP contribution in [-0.4, -0.2) is 31.1 Å². The zero-order valence-electron chi connectivity index (χ0n) is 12.2. The highest BCUT2D eigenvalue weighted by atomic mass is 16.5. The van der Waals surface area contributed by atoms with Crippen LogP contribution in [0.4, 0.5) is 0 Å². The molecule has 0 radical (unpaired) electrons. The molecule has 2 nitrogen and oxygen atoms in total. The van der Waals surface area contributed by atoms with E-state index in [1.54, 1.807) is 0 Å². The van der Waals surface area contributed by atoms with E-state index >= 15 is 0 Å². The van der Waals surface area contributed by atoms with E-state index in [1.165, 1.54) is 63.7 Å². The summed E-state index contributed by atoms with van der Waals surface area (Å²) < 4.78 is 5.82. The van der Waals surface area contributed by atoms with Gasteiger partial charge in [0.25, 0.3) is 0 Å². The summed E-state index contributed by atoms with van der Waals surface area (Å²) in [6.07, 6.45) is 8.00. The van der Waals surface area contributed by atoms with Gasteiger partial charge in [0, 0.05) is 0 Å². The quantitative estimate of drug-likeness (QED) is 0.687. The maximum atomic E-state index is 5.82. The summed E-state index contributed by atoms with van der Waals surface area (Å²) in [5.41, 5.74) is 1.23. The molecule has 0 amide bonds. The van der Waals surface area contributed by atoms with Crippen molar-refractivity contribution in [2.75, 3.05) is 26.2 Å². The van der Waals surface area contributed by atoms with Gasteiger partial charge in [0.15, 0.2) is 0 Å². The molecule has 0 unspecified atom stereocenters. The molecule has 1 aliphatic rings. The van der Waals surface area contributed by atoms with E-state index in [4.69, 9.17) is 4.74 Å². The van der Waals surface area contributed by atoms with Crippen LogP contribution in [0.2, 0.25) is 0 Å². The Morgan fingerprint density at radius 2 is 1.79 bits per heavy atom. The van der Waals surface area contributed by atoms with Crippen LogP contribution in [0.3, 0.4) is 0 Å². The van der Waals surface area contributed by atoms with Crippen LogP contribution in [0.25, 0.3) is 0 Å². The molecule has 0 aromatic heterocycles. The SMILES string of the molecule is Cc1ccccc1OCCCCCN1CCCCC1. The Labute approximate surface area is 117 Å². The van der Waals surface area contributed by atoms with E-state index in [1.807, 2.05) is 6.07 Å². The van der Waals surface area contributed by atoms with Crippen molar-refractivity contribution in [1.29, 1.82) is 0 Å². The van der Waals surface area contributed by atoms with Crippen molar-refractivity contribution in [2.45, 2.75) is 45.4 Å². The van der Waals surface area contributed by atoms with Crippen LogP contribution >= 0.6 is 0 Å². The summed E-state index contributed by atoms with van der Waals surface area (Å²) in [4.78, 5) is 2.62. The van der Waals surface area contributed by atoms with Crippen LogP contribution in [-0.2, 0) is 0 Å². The molecule has 2 heteroatoms. The van der Waals surface area contributed by atoms with Gasteiger partial charge in [-0.3, -0.25) is 0 Å². The molecule has 19 heavy (non-hydrogen) atoms. The minimum atomic E-state index is 0.852. The fourth-order valence-electron chi connectivity index (χ4n) is 2.70. The second-order valence-corrected chi connectivity index (χ2v) is 5.58. The largest absolute Gasteiger partial charge is 0.493 e. The molecule has 0 bridgehead atoms. The highest BCUT2D eigenvalue weighted by Crippen LogP contribution is 2.16. The van der Waals surface area contributed by atoms with Gasteiger partial charge >= 0.3 is 0 Å². The zero-order valence-corrected chi connectivity index (χ0v) is 12.2. The van der Waals surface area contributed by atoms with Crippen LogP contribution in [0.1, 0.15) is 44.1 Å². The van der Waals surface area contributed by atoms with Crippen molar-refractivity contribution in [3.05, 3.63) is 29.8 Å². The van der Waals surface area contributed by atoms with Gasteiger partial charge in [-0.25, -0.2) is 0 Å². The average Bonchev–Trinajstić information content (AvgIpc) is 2.45. The summed E-state index contributed by atoms with van der Waals surface area (Å²) in [7, 11) is 0. The van der Waals surface area contributed by atoms with E-state index in [9.17, 15) is 0 Å². The minimum absolute atomic E-state index is 0.852. The number of hydrogen-bond donors (Lipinski definition) is 0. The van der Waals surface area contributed by atoms with Gasteiger partial charge in [-0.2, -0.15) is 0 Å². The predicted octanol–water partition coefficient (Wildman–Crippen LogP) is 4.03. The van der Waals surface area contributed by atoms with Crippen LogP contribution in [0, 0.1) is 6.92 Å². The third-order valence-electron chi connectivity index (χ3n) is 3.92. The molecule has 1 aliphatic heterocycles. The second-order valence-electron chi connectivity index (χ2n) is 5.58. The summed E-state index contributed by atoms with van der Waals surface area (Å²) in [5.74, 6) is 1.04. The van der Waals surface area contributed by atoms with Gasteiger partial charge in [-0.15, -0.1) is 0 Å². The van der Waals surface area contributed by atoms with E-state index < -0.39 is 0 Å². The number of aryl methyl sites for hydroxylation is 1. The Kier molecular flexibility index (Phi) is 6.22. The molecule has 106 valence electrons. The zero-order chi connectivity index (χ0) is 13.3. The second kappa shape index (κ2) is 8.21. The molecular weight excluding hydrogens is 234 g/mol. The van der Waals surface area contributed by atoms with Crippen molar-refractivity contribution in [3.63, 3.8) is 0 Å². The van der Waals surface area contributed by atoms with Crippen molar-refractivity contribution in [2.24, 2.45) is 0 Å². The van der Waals surface area contributed by atoms with Gasteiger partial charge in [0.1, 0.15) is 5.75 Å². The Hall–Kier alpha value is -1.02. The number of nitrogens with zero attached hydrogens (tertiary/aromatic N) is 1. The van der Waals surface area contributed by atoms with Crippen LogP contribution in [0.5, 0.6) is 5.75 Å². The third-order valence-corrected chi connectivity index (χ3v) is 3.92. The number of ether oxygens (including phenoxy) is 1. The van der Waals surface area contributed by atoms with Gasteiger partial charge in [-0.1, -0.05) is 24.6 Å². The molecular formula is C17H27NO. The summed E-state index contributed by atoms with van der Waals surface area (Å²) in [6.45, 7) is 6.88. The van der Waals surface area contributed by atoms with Gasteiger partial charge in [0.2, 0.25) is 0 Å². The van der Waals surface area contributed by atoms with Crippen molar-refractivity contribution < 1.29 is 4.74 Å². The number of unbranched alkanes of at least 4 members (excludes halogenated alkanes) is 2. The van der Waals surface area contributed by atoms with E-state index in [-0.39, 0.29) is 0 Å². The van der Waals surface area contributed by atoms with Gasteiger partial charge < -0.3 is 9.64 Å². The topological polar surface area (TPSA) is 12.5 Å².